The summed E-state index contributed by atoms with van der Waals surface area (Å²) in [5, 5.41) is 0. The fourth-order valence-electron chi connectivity index (χ4n) is 4.52. The lowest BCUT2D eigenvalue weighted by atomic mass is 10.1. The maximum Gasteiger partial charge on any atom is 0.226 e. The predicted molar refractivity (Wildman–Crippen MR) is 119 cm³/mol. The smallest absolute Gasteiger partial charge is 0.226 e. The van der Waals surface area contributed by atoms with Crippen molar-refractivity contribution in [1.29, 1.82) is 0 Å². The third-order valence-electron chi connectivity index (χ3n) is 6.45. The standard InChI is InChI=1S/C24H34N4O3/c1-30-22-8-6-20(7-9-22)18-27-11-10-25-23(27)19-28(24(29)21-4-2-3-5-21)13-12-26-14-16-31-17-15-26/h6-11,21H,2-5,12-19H2,1H3. The van der Waals surface area contributed by atoms with E-state index in [0.29, 0.717) is 12.5 Å². The molecule has 0 atom stereocenters. The first-order chi connectivity index (χ1) is 15.2. The quantitative estimate of drug-likeness (QED) is 0.617. The van der Waals surface area contributed by atoms with Crippen LogP contribution in [0.15, 0.2) is 36.7 Å². The summed E-state index contributed by atoms with van der Waals surface area (Å²) in [6.45, 7) is 6.36. The Morgan fingerprint density at radius 3 is 2.65 bits per heavy atom. The van der Waals surface area contributed by atoms with E-state index in [1.165, 1.54) is 18.4 Å². The average molecular weight is 427 g/mol. The Morgan fingerprint density at radius 1 is 1.19 bits per heavy atom. The monoisotopic (exact) mass is 426 g/mol. The molecule has 0 N–H and O–H groups in total. The van der Waals surface area contributed by atoms with Crippen LogP contribution in [0.1, 0.15) is 37.1 Å². The van der Waals surface area contributed by atoms with E-state index in [0.717, 1.165) is 70.4 Å². The van der Waals surface area contributed by atoms with Crippen LogP contribution < -0.4 is 4.74 Å². The van der Waals surface area contributed by atoms with E-state index in [1.807, 2.05) is 29.4 Å². The number of benzene rings is 1. The number of rotatable bonds is 9. The van der Waals surface area contributed by atoms with E-state index in [-0.39, 0.29) is 5.92 Å². The van der Waals surface area contributed by atoms with Crippen LogP contribution >= 0.6 is 0 Å². The Kier molecular flexibility index (Phi) is 7.59. The van der Waals surface area contributed by atoms with Gasteiger partial charge in [0.1, 0.15) is 11.6 Å². The van der Waals surface area contributed by atoms with Gasteiger partial charge in [-0.2, -0.15) is 0 Å². The third kappa shape index (κ3) is 5.86. The number of hydrogen-bond acceptors (Lipinski definition) is 5. The van der Waals surface area contributed by atoms with Gasteiger partial charge in [-0.3, -0.25) is 9.69 Å². The summed E-state index contributed by atoms with van der Waals surface area (Å²) in [6, 6.07) is 8.10. The number of carbonyl (C=O) groups is 1. The Morgan fingerprint density at radius 2 is 1.94 bits per heavy atom. The van der Waals surface area contributed by atoms with Gasteiger partial charge >= 0.3 is 0 Å². The van der Waals surface area contributed by atoms with Gasteiger partial charge in [-0.25, -0.2) is 4.98 Å². The Balaban J connectivity index is 1.44. The number of hydrogen-bond donors (Lipinski definition) is 0. The van der Waals surface area contributed by atoms with Crippen LogP contribution in [-0.4, -0.2) is 71.8 Å². The lowest BCUT2D eigenvalue weighted by molar-refractivity contribution is -0.136. The second kappa shape index (κ2) is 10.8. The fraction of sp³-hybridized carbons (Fsp3) is 0.583. The Labute approximate surface area is 184 Å². The molecular weight excluding hydrogens is 392 g/mol. The van der Waals surface area contributed by atoms with E-state index in [9.17, 15) is 4.79 Å². The van der Waals surface area contributed by atoms with Crippen LogP contribution in [0.25, 0.3) is 0 Å². The van der Waals surface area contributed by atoms with Crippen molar-refractivity contribution in [1.82, 2.24) is 19.4 Å². The van der Waals surface area contributed by atoms with Crippen LogP contribution in [0.2, 0.25) is 0 Å². The zero-order valence-corrected chi connectivity index (χ0v) is 18.5. The SMILES string of the molecule is COc1ccc(Cn2ccnc2CN(CCN2CCOCC2)C(=O)C2CCCC2)cc1. The third-order valence-corrected chi connectivity index (χ3v) is 6.45. The molecule has 31 heavy (non-hydrogen) atoms. The average Bonchev–Trinajstić information content (AvgIpc) is 3.50. The number of methoxy groups -OCH3 is 1. The lowest BCUT2D eigenvalue weighted by Crippen LogP contribution is -2.44. The number of morpholine rings is 1. The highest BCUT2D eigenvalue weighted by Gasteiger charge is 2.28. The van der Waals surface area contributed by atoms with Crippen LogP contribution in [0.3, 0.4) is 0 Å². The first-order valence-corrected chi connectivity index (χ1v) is 11.4. The fourth-order valence-corrected chi connectivity index (χ4v) is 4.52. The minimum absolute atomic E-state index is 0.176. The van der Waals surface area contributed by atoms with Crippen molar-refractivity contribution in [3.8, 4) is 5.75 Å². The van der Waals surface area contributed by atoms with E-state index < -0.39 is 0 Å². The summed E-state index contributed by atoms with van der Waals surface area (Å²) in [6.07, 6.45) is 8.21. The molecule has 1 aromatic heterocycles. The van der Waals surface area contributed by atoms with Gasteiger partial charge in [-0.05, 0) is 30.5 Å². The molecule has 0 radical (unpaired) electrons. The molecule has 4 rings (SSSR count). The van der Waals surface area contributed by atoms with Gasteiger partial charge in [-0.15, -0.1) is 0 Å². The highest BCUT2D eigenvalue weighted by Crippen LogP contribution is 2.27. The summed E-state index contributed by atoms with van der Waals surface area (Å²) in [5.41, 5.74) is 1.18. The normalized spacial score (nSPS) is 17.7. The van der Waals surface area contributed by atoms with Gasteiger partial charge < -0.3 is 18.9 Å². The molecule has 168 valence electrons. The van der Waals surface area contributed by atoms with Gasteiger partial charge in [-0.1, -0.05) is 25.0 Å². The topological polar surface area (TPSA) is 59.8 Å². The zero-order chi connectivity index (χ0) is 21.5. The second-order valence-electron chi connectivity index (χ2n) is 8.51. The highest BCUT2D eigenvalue weighted by molar-refractivity contribution is 5.79. The molecule has 0 unspecified atom stereocenters. The molecule has 1 amide bonds. The van der Waals surface area contributed by atoms with Gasteiger partial charge in [0, 0.05) is 51.0 Å². The van der Waals surface area contributed by atoms with Crippen LogP contribution in [-0.2, 0) is 22.6 Å². The molecule has 7 nitrogen and oxygen atoms in total. The molecule has 7 heteroatoms. The number of aromatic nitrogens is 2. The summed E-state index contributed by atoms with van der Waals surface area (Å²) in [7, 11) is 1.68. The molecular formula is C24H34N4O3. The van der Waals surface area contributed by atoms with Crippen molar-refractivity contribution in [3.05, 3.63) is 48.0 Å². The molecule has 2 heterocycles. The number of ether oxygens (including phenoxy) is 2. The molecule has 0 spiro atoms. The summed E-state index contributed by atoms with van der Waals surface area (Å²) < 4.78 is 12.9. The summed E-state index contributed by atoms with van der Waals surface area (Å²) >= 11 is 0. The Bertz CT molecular complexity index is 824. The minimum Gasteiger partial charge on any atom is -0.497 e. The molecule has 1 saturated carbocycles. The molecule has 2 fully saturated rings. The second-order valence-corrected chi connectivity index (χ2v) is 8.51. The highest BCUT2D eigenvalue weighted by atomic mass is 16.5. The molecule has 2 aromatic rings. The van der Waals surface area contributed by atoms with E-state index >= 15 is 0 Å². The maximum absolute atomic E-state index is 13.3. The van der Waals surface area contributed by atoms with Gasteiger partial charge in [0.25, 0.3) is 0 Å². The van der Waals surface area contributed by atoms with Crippen LogP contribution in [0, 0.1) is 5.92 Å². The van der Waals surface area contributed by atoms with E-state index in [1.54, 1.807) is 7.11 Å². The maximum atomic E-state index is 13.3. The van der Waals surface area contributed by atoms with Crippen molar-refractivity contribution in [2.75, 3.05) is 46.5 Å². The number of carbonyl (C=O) groups excluding carboxylic acids is 1. The molecule has 0 bridgehead atoms. The molecule has 1 aromatic carbocycles. The lowest BCUT2D eigenvalue weighted by Gasteiger charge is -2.31. The zero-order valence-electron chi connectivity index (χ0n) is 18.5. The van der Waals surface area contributed by atoms with Crippen molar-refractivity contribution in [2.45, 2.75) is 38.8 Å². The van der Waals surface area contributed by atoms with E-state index in [2.05, 4.69) is 26.6 Å². The Hall–Kier alpha value is -2.38. The molecule has 1 aliphatic carbocycles. The van der Waals surface area contributed by atoms with Gasteiger partial charge in [0.15, 0.2) is 0 Å². The first-order valence-electron chi connectivity index (χ1n) is 11.4. The largest absolute Gasteiger partial charge is 0.497 e. The number of nitrogens with zero attached hydrogens (tertiary/aromatic N) is 4. The first kappa shape index (κ1) is 21.8. The number of amides is 1. The van der Waals surface area contributed by atoms with Crippen LogP contribution in [0.4, 0.5) is 0 Å². The van der Waals surface area contributed by atoms with Gasteiger partial charge in [0.05, 0.1) is 26.9 Å². The summed E-state index contributed by atoms with van der Waals surface area (Å²) in [4.78, 5) is 22.3. The van der Waals surface area contributed by atoms with Crippen molar-refractivity contribution >= 4 is 5.91 Å². The van der Waals surface area contributed by atoms with E-state index in [4.69, 9.17) is 9.47 Å². The van der Waals surface area contributed by atoms with Crippen molar-refractivity contribution < 1.29 is 14.3 Å². The molecule has 1 aliphatic heterocycles. The molecule has 1 saturated heterocycles. The van der Waals surface area contributed by atoms with Crippen LogP contribution in [0.5, 0.6) is 5.75 Å². The molecule has 2 aliphatic rings. The van der Waals surface area contributed by atoms with Gasteiger partial charge in [0.2, 0.25) is 5.91 Å². The minimum atomic E-state index is 0.176. The van der Waals surface area contributed by atoms with Crippen molar-refractivity contribution in [2.24, 2.45) is 5.92 Å². The van der Waals surface area contributed by atoms with Crippen molar-refractivity contribution in [3.63, 3.8) is 0 Å². The summed E-state index contributed by atoms with van der Waals surface area (Å²) in [5.74, 6) is 2.26. The number of imidazole rings is 1. The predicted octanol–water partition coefficient (Wildman–Crippen LogP) is 2.79.